The normalized spacial score (nSPS) is 11.8. The van der Waals surface area contributed by atoms with Crippen molar-refractivity contribution in [1.82, 2.24) is 14.3 Å². The van der Waals surface area contributed by atoms with Gasteiger partial charge >= 0.3 is 12.1 Å². The van der Waals surface area contributed by atoms with Crippen LogP contribution in [0.5, 0.6) is 0 Å². The highest BCUT2D eigenvalue weighted by Gasteiger charge is 2.36. The molecule has 0 aliphatic carbocycles. The summed E-state index contributed by atoms with van der Waals surface area (Å²) in [5.74, 6) is -1.59. The van der Waals surface area contributed by atoms with Crippen LogP contribution in [0.4, 0.5) is 13.2 Å². The van der Waals surface area contributed by atoms with Crippen LogP contribution >= 0.6 is 0 Å². The minimum absolute atomic E-state index is 0.246. The van der Waals surface area contributed by atoms with Crippen molar-refractivity contribution in [2.45, 2.75) is 19.1 Å². The molecule has 108 valence electrons. The monoisotopic (exact) mass is 287 g/mol. The van der Waals surface area contributed by atoms with Crippen molar-refractivity contribution < 1.29 is 23.1 Å². The van der Waals surface area contributed by atoms with Gasteiger partial charge in [0.1, 0.15) is 0 Å². The van der Waals surface area contributed by atoms with E-state index in [1.54, 1.807) is 24.0 Å². The standard InChI is InChI=1S/C12H12F3N3O2/c1-17-8(2-4-16-17)3-5-18-6-9(11(19)20)10(7-18)12(13,14)15/h2,4,6-7H,3,5H2,1H3,(H,19,20). The zero-order valence-corrected chi connectivity index (χ0v) is 10.6. The van der Waals surface area contributed by atoms with Gasteiger partial charge < -0.3 is 9.67 Å². The Morgan fingerprint density at radius 1 is 1.40 bits per heavy atom. The van der Waals surface area contributed by atoms with Gasteiger partial charge in [0.05, 0.1) is 11.1 Å². The lowest BCUT2D eigenvalue weighted by Gasteiger charge is -2.05. The fourth-order valence-corrected chi connectivity index (χ4v) is 1.92. The Balaban J connectivity index is 2.21. The fraction of sp³-hybridized carbons (Fsp3) is 0.333. The maximum absolute atomic E-state index is 12.7. The van der Waals surface area contributed by atoms with E-state index in [1.807, 2.05) is 0 Å². The topological polar surface area (TPSA) is 60.0 Å². The van der Waals surface area contributed by atoms with Gasteiger partial charge in [-0.2, -0.15) is 18.3 Å². The number of carboxylic acids is 1. The maximum Gasteiger partial charge on any atom is 0.418 e. The molecule has 0 saturated heterocycles. The quantitative estimate of drug-likeness (QED) is 0.937. The molecule has 0 saturated carbocycles. The van der Waals surface area contributed by atoms with E-state index in [0.717, 1.165) is 18.1 Å². The summed E-state index contributed by atoms with van der Waals surface area (Å²) >= 11 is 0. The van der Waals surface area contributed by atoms with Crippen molar-refractivity contribution >= 4 is 5.97 Å². The second-order valence-electron chi connectivity index (χ2n) is 4.32. The van der Waals surface area contributed by atoms with Gasteiger partial charge in [-0.15, -0.1) is 0 Å². The number of hydrogen-bond donors (Lipinski definition) is 1. The Hall–Kier alpha value is -2.25. The zero-order chi connectivity index (χ0) is 14.9. The average molecular weight is 287 g/mol. The van der Waals surface area contributed by atoms with Crippen LogP contribution in [0.1, 0.15) is 21.6 Å². The van der Waals surface area contributed by atoms with Crippen LogP contribution in [0.3, 0.4) is 0 Å². The van der Waals surface area contributed by atoms with Crippen LogP contribution in [0, 0.1) is 0 Å². The molecule has 8 heteroatoms. The van der Waals surface area contributed by atoms with E-state index in [9.17, 15) is 18.0 Å². The molecule has 5 nitrogen and oxygen atoms in total. The van der Waals surface area contributed by atoms with Crippen LogP contribution in [0.2, 0.25) is 0 Å². The number of aromatic carboxylic acids is 1. The second kappa shape index (κ2) is 5.03. The van der Waals surface area contributed by atoms with Gasteiger partial charge in [0.15, 0.2) is 0 Å². The Kier molecular flexibility index (Phi) is 3.56. The van der Waals surface area contributed by atoms with Crippen molar-refractivity contribution in [2.24, 2.45) is 7.05 Å². The molecule has 0 radical (unpaired) electrons. The maximum atomic E-state index is 12.7. The highest BCUT2D eigenvalue weighted by atomic mass is 19.4. The molecular weight excluding hydrogens is 275 g/mol. The first-order valence-corrected chi connectivity index (χ1v) is 5.76. The van der Waals surface area contributed by atoms with Gasteiger partial charge in [-0.25, -0.2) is 4.79 Å². The van der Waals surface area contributed by atoms with Crippen LogP contribution in [0.15, 0.2) is 24.7 Å². The number of aryl methyl sites for hydroxylation is 3. The summed E-state index contributed by atoms with van der Waals surface area (Å²) in [6.07, 6.45) is -0.802. The lowest BCUT2D eigenvalue weighted by molar-refractivity contribution is -0.138. The first kappa shape index (κ1) is 14.2. The summed E-state index contributed by atoms with van der Waals surface area (Å²) in [5.41, 5.74) is -1.01. The molecule has 0 bridgehead atoms. The van der Waals surface area contributed by atoms with Crippen molar-refractivity contribution in [3.05, 3.63) is 41.5 Å². The second-order valence-corrected chi connectivity index (χ2v) is 4.32. The SMILES string of the molecule is Cn1nccc1CCn1cc(C(=O)O)c(C(F)(F)F)c1. The zero-order valence-electron chi connectivity index (χ0n) is 10.6. The minimum atomic E-state index is -4.68. The molecule has 2 rings (SSSR count). The predicted molar refractivity (Wildman–Crippen MR) is 63.3 cm³/mol. The van der Waals surface area contributed by atoms with E-state index in [1.165, 1.54) is 4.57 Å². The molecule has 0 spiro atoms. The largest absolute Gasteiger partial charge is 0.478 e. The Morgan fingerprint density at radius 2 is 2.10 bits per heavy atom. The predicted octanol–water partition coefficient (Wildman–Crippen LogP) is 2.18. The average Bonchev–Trinajstić information content (AvgIpc) is 2.91. The molecule has 20 heavy (non-hydrogen) atoms. The smallest absolute Gasteiger partial charge is 0.418 e. The first-order valence-electron chi connectivity index (χ1n) is 5.76. The van der Waals surface area contributed by atoms with Gasteiger partial charge in [0, 0.05) is 44.3 Å². The lowest BCUT2D eigenvalue weighted by Crippen LogP contribution is -2.09. The highest BCUT2D eigenvalue weighted by molar-refractivity contribution is 5.89. The number of halogens is 3. The number of nitrogens with zero attached hydrogens (tertiary/aromatic N) is 3. The highest BCUT2D eigenvalue weighted by Crippen LogP contribution is 2.32. The molecule has 2 aromatic heterocycles. The number of carbonyl (C=O) groups is 1. The minimum Gasteiger partial charge on any atom is -0.478 e. The molecule has 2 heterocycles. The van der Waals surface area contributed by atoms with Gasteiger partial charge in [-0.3, -0.25) is 4.68 Å². The number of carboxylic acid groups (broad SMARTS) is 1. The number of rotatable bonds is 4. The van der Waals surface area contributed by atoms with Crippen LogP contribution in [-0.4, -0.2) is 25.4 Å². The Bertz CT molecular complexity index is 628. The fourth-order valence-electron chi connectivity index (χ4n) is 1.92. The summed E-state index contributed by atoms with van der Waals surface area (Å²) in [5, 5.41) is 12.8. The summed E-state index contributed by atoms with van der Waals surface area (Å²) in [6, 6.07) is 1.76. The molecule has 0 atom stereocenters. The Morgan fingerprint density at radius 3 is 2.55 bits per heavy atom. The molecule has 2 aromatic rings. The molecule has 0 aliphatic heterocycles. The van der Waals surface area contributed by atoms with Gasteiger partial charge in [0.2, 0.25) is 0 Å². The van der Waals surface area contributed by atoms with Crippen LogP contribution in [-0.2, 0) is 26.2 Å². The molecule has 0 aliphatic rings. The van der Waals surface area contributed by atoms with Crippen molar-refractivity contribution in [2.75, 3.05) is 0 Å². The van der Waals surface area contributed by atoms with E-state index in [2.05, 4.69) is 5.10 Å². The molecular formula is C12H12F3N3O2. The third-order valence-corrected chi connectivity index (χ3v) is 2.96. The van der Waals surface area contributed by atoms with Crippen LogP contribution < -0.4 is 0 Å². The van der Waals surface area contributed by atoms with Crippen molar-refractivity contribution in [3.63, 3.8) is 0 Å². The molecule has 1 N–H and O–H groups in total. The summed E-state index contributed by atoms with van der Waals surface area (Å²) in [7, 11) is 1.73. The Labute approximate surface area is 112 Å². The van der Waals surface area contributed by atoms with Crippen molar-refractivity contribution in [1.29, 1.82) is 0 Å². The molecule has 0 amide bonds. The first-order chi connectivity index (χ1) is 9.29. The van der Waals surface area contributed by atoms with Crippen molar-refractivity contribution in [3.8, 4) is 0 Å². The third kappa shape index (κ3) is 2.84. The molecule has 0 fully saturated rings. The van der Waals surface area contributed by atoms with E-state index >= 15 is 0 Å². The van der Waals surface area contributed by atoms with E-state index < -0.39 is 23.3 Å². The van der Waals surface area contributed by atoms with E-state index in [4.69, 9.17) is 5.11 Å². The van der Waals surface area contributed by atoms with Gasteiger partial charge in [-0.1, -0.05) is 0 Å². The van der Waals surface area contributed by atoms with E-state index in [0.29, 0.717) is 6.42 Å². The number of aromatic nitrogens is 3. The van der Waals surface area contributed by atoms with E-state index in [-0.39, 0.29) is 6.54 Å². The molecule has 0 aromatic carbocycles. The van der Waals surface area contributed by atoms with Gasteiger partial charge in [-0.05, 0) is 6.07 Å². The van der Waals surface area contributed by atoms with Crippen LogP contribution in [0.25, 0.3) is 0 Å². The number of hydrogen-bond acceptors (Lipinski definition) is 2. The third-order valence-electron chi connectivity index (χ3n) is 2.96. The summed E-state index contributed by atoms with van der Waals surface area (Å²) in [4.78, 5) is 10.8. The molecule has 0 unspecified atom stereocenters. The van der Waals surface area contributed by atoms with Gasteiger partial charge in [0.25, 0.3) is 0 Å². The lowest BCUT2D eigenvalue weighted by atomic mass is 10.2. The summed E-state index contributed by atoms with van der Waals surface area (Å²) in [6.45, 7) is 0.246. The summed E-state index contributed by atoms with van der Waals surface area (Å²) < 4.78 is 41.0. The number of alkyl halides is 3.